The molecule has 0 aliphatic carbocycles. The lowest BCUT2D eigenvalue weighted by atomic mass is 10.2. The molecule has 0 aliphatic heterocycles. The van der Waals surface area contributed by atoms with Crippen LogP contribution in [0.1, 0.15) is 32.8 Å². The monoisotopic (exact) mass is 372 g/mol. The molecule has 8 heteroatoms. The van der Waals surface area contributed by atoms with Crippen LogP contribution in [0.2, 0.25) is 0 Å². The van der Waals surface area contributed by atoms with Gasteiger partial charge in [-0.05, 0) is 51.8 Å². The normalized spacial score (nSPS) is 12.9. The fraction of sp³-hybridized carbons (Fsp3) is 0.588. The summed E-state index contributed by atoms with van der Waals surface area (Å²) in [5, 5.41) is 2.69. The van der Waals surface area contributed by atoms with E-state index in [1.54, 1.807) is 19.1 Å². The topological polar surface area (TPSA) is 93.7 Å². The zero-order valence-electron chi connectivity index (χ0n) is 15.5. The van der Waals surface area contributed by atoms with Crippen molar-refractivity contribution in [3.63, 3.8) is 0 Å². The van der Waals surface area contributed by atoms with Crippen molar-refractivity contribution < 1.29 is 22.7 Å². The molecule has 1 rings (SSSR count). The summed E-state index contributed by atoms with van der Waals surface area (Å²) in [7, 11) is -2.47. The van der Waals surface area contributed by atoms with E-state index in [9.17, 15) is 13.2 Å². The molecule has 142 valence electrons. The van der Waals surface area contributed by atoms with E-state index in [2.05, 4.69) is 10.0 Å². The molecule has 7 nitrogen and oxygen atoms in total. The summed E-state index contributed by atoms with van der Waals surface area (Å²) < 4.78 is 37.9. The summed E-state index contributed by atoms with van der Waals surface area (Å²) in [5.74, 6) is -0.156. The van der Waals surface area contributed by atoms with E-state index >= 15 is 0 Å². The summed E-state index contributed by atoms with van der Waals surface area (Å²) in [4.78, 5) is 12.1. The van der Waals surface area contributed by atoms with Crippen LogP contribution in [0, 0.1) is 6.92 Å². The summed E-state index contributed by atoms with van der Waals surface area (Å²) in [6, 6.07) is 3.95. The van der Waals surface area contributed by atoms with Gasteiger partial charge in [0.15, 0.2) is 0 Å². The number of hydrogen-bond donors (Lipinski definition) is 2. The molecule has 0 heterocycles. The zero-order chi connectivity index (χ0) is 19.0. The number of nitrogens with one attached hydrogen (secondary N) is 2. The van der Waals surface area contributed by atoms with E-state index < -0.39 is 16.1 Å². The first kappa shape index (κ1) is 21.4. The van der Waals surface area contributed by atoms with Crippen LogP contribution in [0.3, 0.4) is 0 Å². The van der Waals surface area contributed by atoms with Crippen molar-refractivity contribution >= 4 is 15.9 Å². The van der Waals surface area contributed by atoms with E-state index in [0.29, 0.717) is 19.6 Å². The van der Waals surface area contributed by atoms with Crippen molar-refractivity contribution in [3.8, 4) is 5.75 Å². The average Bonchev–Trinajstić information content (AvgIpc) is 2.53. The van der Waals surface area contributed by atoms with Gasteiger partial charge in [-0.2, -0.15) is 4.72 Å². The first-order valence-electron chi connectivity index (χ1n) is 8.23. The average molecular weight is 372 g/mol. The number of amides is 1. The second-order valence-corrected chi connectivity index (χ2v) is 7.74. The fourth-order valence-electron chi connectivity index (χ4n) is 2.10. The Morgan fingerprint density at radius 3 is 2.52 bits per heavy atom. The number of hydrogen-bond acceptors (Lipinski definition) is 5. The van der Waals surface area contributed by atoms with E-state index in [1.807, 2.05) is 13.8 Å². The SMILES string of the molecule is COc1ccc(C)cc1S(=O)(=O)N[C@H](C)C(=O)NCCCOC(C)C. The van der Waals surface area contributed by atoms with Crippen LogP contribution in [0.15, 0.2) is 23.1 Å². The van der Waals surface area contributed by atoms with E-state index in [4.69, 9.17) is 9.47 Å². The van der Waals surface area contributed by atoms with Gasteiger partial charge in [-0.1, -0.05) is 6.07 Å². The summed E-state index contributed by atoms with van der Waals surface area (Å²) in [5.41, 5.74) is 0.781. The van der Waals surface area contributed by atoms with Crippen molar-refractivity contribution in [1.29, 1.82) is 0 Å². The van der Waals surface area contributed by atoms with Gasteiger partial charge in [0.2, 0.25) is 15.9 Å². The molecule has 0 saturated heterocycles. The summed E-state index contributed by atoms with van der Waals surface area (Å²) >= 11 is 0. The largest absolute Gasteiger partial charge is 0.495 e. The number of rotatable bonds is 10. The quantitative estimate of drug-likeness (QED) is 0.609. The van der Waals surface area contributed by atoms with Gasteiger partial charge in [0.05, 0.1) is 19.3 Å². The Morgan fingerprint density at radius 2 is 1.92 bits per heavy atom. The maximum Gasteiger partial charge on any atom is 0.244 e. The predicted octanol–water partition coefficient (Wildman–Crippen LogP) is 1.60. The van der Waals surface area contributed by atoms with Gasteiger partial charge in [-0.25, -0.2) is 8.42 Å². The second kappa shape index (κ2) is 9.74. The molecule has 0 aliphatic rings. The Kier molecular flexibility index (Phi) is 8.34. The number of methoxy groups -OCH3 is 1. The highest BCUT2D eigenvalue weighted by molar-refractivity contribution is 7.89. The Bertz CT molecular complexity index is 674. The highest BCUT2D eigenvalue weighted by atomic mass is 32.2. The Balaban J connectivity index is 2.64. The molecule has 0 radical (unpaired) electrons. The van der Waals surface area contributed by atoms with Crippen molar-refractivity contribution in [2.45, 2.75) is 51.2 Å². The maximum atomic E-state index is 12.5. The highest BCUT2D eigenvalue weighted by Gasteiger charge is 2.25. The van der Waals surface area contributed by atoms with E-state index in [-0.39, 0.29) is 22.7 Å². The molecule has 0 unspecified atom stereocenters. The molecule has 1 atom stereocenters. The molecule has 0 fully saturated rings. The van der Waals surface area contributed by atoms with Crippen LogP contribution in [-0.4, -0.2) is 46.7 Å². The minimum absolute atomic E-state index is 0.0139. The Labute approximate surface area is 150 Å². The van der Waals surface area contributed by atoms with Crippen LogP contribution >= 0.6 is 0 Å². The van der Waals surface area contributed by atoms with Crippen LogP contribution in [0.4, 0.5) is 0 Å². The first-order chi connectivity index (χ1) is 11.7. The van der Waals surface area contributed by atoms with Crippen molar-refractivity contribution in [3.05, 3.63) is 23.8 Å². The van der Waals surface area contributed by atoms with Crippen LogP contribution in [-0.2, 0) is 19.6 Å². The van der Waals surface area contributed by atoms with Gasteiger partial charge in [-0.15, -0.1) is 0 Å². The van der Waals surface area contributed by atoms with Gasteiger partial charge < -0.3 is 14.8 Å². The third kappa shape index (κ3) is 7.01. The zero-order valence-corrected chi connectivity index (χ0v) is 16.3. The third-order valence-corrected chi connectivity index (χ3v) is 4.97. The molecule has 1 amide bonds. The molecule has 25 heavy (non-hydrogen) atoms. The van der Waals surface area contributed by atoms with E-state index in [1.165, 1.54) is 20.1 Å². The molecule has 0 aromatic heterocycles. The van der Waals surface area contributed by atoms with Crippen molar-refractivity contribution in [1.82, 2.24) is 10.0 Å². The van der Waals surface area contributed by atoms with Gasteiger partial charge in [0.25, 0.3) is 0 Å². The summed E-state index contributed by atoms with van der Waals surface area (Å²) in [6.07, 6.45) is 0.806. The van der Waals surface area contributed by atoms with Crippen LogP contribution in [0.5, 0.6) is 5.75 Å². The number of ether oxygens (including phenoxy) is 2. The van der Waals surface area contributed by atoms with E-state index in [0.717, 1.165) is 5.56 Å². The van der Waals surface area contributed by atoms with Crippen molar-refractivity contribution in [2.75, 3.05) is 20.3 Å². The van der Waals surface area contributed by atoms with Gasteiger partial charge in [0, 0.05) is 13.2 Å². The number of carbonyl (C=O) groups excluding carboxylic acids is 1. The molecule has 0 saturated carbocycles. The third-order valence-electron chi connectivity index (χ3n) is 3.41. The number of aryl methyl sites for hydroxylation is 1. The van der Waals surface area contributed by atoms with Crippen LogP contribution < -0.4 is 14.8 Å². The number of sulfonamides is 1. The second-order valence-electron chi connectivity index (χ2n) is 6.06. The van der Waals surface area contributed by atoms with Gasteiger partial charge in [0.1, 0.15) is 10.6 Å². The minimum atomic E-state index is -3.88. The summed E-state index contributed by atoms with van der Waals surface area (Å²) in [6.45, 7) is 8.13. The van der Waals surface area contributed by atoms with Crippen molar-refractivity contribution in [2.24, 2.45) is 0 Å². The molecular formula is C17H28N2O5S. The molecule has 0 spiro atoms. The molecule has 2 N–H and O–H groups in total. The lowest BCUT2D eigenvalue weighted by Gasteiger charge is -2.16. The lowest BCUT2D eigenvalue weighted by Crippen LogP contribution is -2.45. The molecular weight excluding hydrogens is 344 g/mol. The number of carbonyl (C=O) groups is 1. The molecule has 0 bridgehead atoms. The molecule has 1 aromatic rings. The number of benzene rings is 1. The predicted molar refractivity (Wildman–Crippen MR) is 96.2 cm³/mol. The Hall–Kier alpha value is -1.64. The minimum Gasteiger partial charge on any atom is -0.495 e. The smallest absolute Gasteiger partial charge is 0.244 e. The van der Waals surface area contributed by atoms with Gasteiger partial charge in [-0.3, -0.25) is 4.79 Å². The van der Waals surface area contributed by atoms with Crippen LogP contribution in [0.25, 0.3) is 0 Å². The molecule has 1 aromatic carbocycles. The standard InChI is InChI=1S/C17H28N2O5S/c1-12(2)24-10-6-9-18-17(20)14(4)19-25(21,22)16-11-13(3)7-8-15(16)23-5/h7-8,11-12,14,19H,6,9-10H2,1-5H3,(H,18,20)/t14-/m1/s1. The lowest BCUT2D eigenvalue weighted by molar-refractivity contribution is -0.122. The fourth-order valence-corrected chi connectivity index (χ4v) is 3.56. The first-order valence-corrected chi connectivity index (χ1v) is 9.72. The Morgan fingerprint density at radius 1 is 1.24 bits per heavy atom. The maximum absolute atomic E-state index is 12.5. The highest BCUT2D eigenvalue weighted by Crippen LogP contribution is 2.24. The van der Waals surface area contributed by atoms with Gasteiger partial charge >= 0.3 is 0 Å².